The smallest absolute Gasteiger partial charge is 0.416 e. The zero-order valence-electron chi connectivity index (χ0n) is 16.3. The average Bonchev–Trinajstić information content (AvgIpc) is 3.07. The molecule has 1 aromatic heterocycles. The molecule has 1 heterocycles. The highest BCUT2D eigenvalue weighted by Crippen LogP contribution is 2.30. The number of halogens is 3. The molecule has 1 N–H and O–H groups in total. The van der Waals surface area contributed by atoms with Crippen LogP contribution in [0.1, 0.15) is 36.6 Å². The Balaban J connectivity index is 1.93. The van der Waals surface area contributed by atoms with E-state index in [9.17, 15) is 18.0 Å². The topological polar surface area (TPSA) is 43.3 Å². The van der Waals surface area contributed by atoms with E-state index in [0.29, 0.717) is 5.56 Å². The first-order valence-corrected chi connectivity index (χ1v) is 9.49. The summed E-state index contributed by atoms with van der Waals surface area (Å²) >= 11 is 0. The molecule has 0 aliphatic rings. The van der Waals surface area contributed by atoms with Gasteiger partial charge in [0.05, 0.1) is 12.2 Å². The van der Waals surface area contributed by atoms with Gasteiger partial charge in [-0.1, -0.05) is 36.4 Å². The van der Waals surface area contributed by atoms with Gasteiger partial charge in [-0.15, -0.1) is 0 Å². The van der Waals surface area contributed by atoms with Gasteiger partial charge in [-0.05, 0) is 31.5 Å². The number of esters is 1. The van der Waals surface area contributed by atoms with E-state index >= 15 is 0 Å². The van der Waals surface area contributed by atoms with E-state index in [-0.39, 0.29) is 13.2 Å². The fourth-order valence-corrected chi connectivity index (χ4v) is 3.39. The summed E-state index contributed by atoms with van der Waals surface area (Å²) < 4.78 is 46.2. The first-order chi connectivity index (χ1) is 13.8. The van der Waals surface area contributed by atoms with E-state index in [2.05, 4.69) is 5.32 Å². The Morgan fingerprint density at radius 2 is 1.90 bits per heavy atom. The van der Waals surface area contributed by atoms with Crippen LogP contribution in [0.25, 0.3) is 10.9 Å². The second-order valence-corrected chi connectivity index (χ2v) is 6.65. The second-order valence-electron chi connectivity index (χ2n) is 6.65. The highest BCUT2D eigenvalue weighted by Gasteiger charge is 2.30. The fourth-order valence-electron chi connectivity index (χ4n) is 3.39. The largest absolute Gasteiger partial charge is 0.465 e. The Hall–Kier alpha value is -2.80. The van der Waals surface area contributed by atoms with Crippen LogP contribution in [0.15, 0.2) is 54.7 Å². The quantitative estimate of drug-likeness (QED) is 0.559. The predicted molar refractivity (Wildman–Crippen MR) is 105 cm³/mol. The van der Waals surface area contributed by atoms with Crippen LogP contribution in [-0.4, -0.2) is 17.1 Å². The number of nitrogens with one attached hydrogen (secondary N) is 1. The lowest BCUT2D eigenvalue weighted by Gasteiger charge is -2.18. The van der Waals surface area contributed by atoms with Gasteiger partial charge in [0, 0.05) is 35.8 Å². The van der Waals surface area contributed by atoms with Crippen LogP contribution in [-0.2, 0) is 28.8 Å². The van der Waals surface area contributed by atoms with Crippen molar-refractivity contribution in [2.75, 3.05) is 6.61 Å². The molecule has 0 bridgehead atoms. The van der Waals surface area contributed by atoms with Crippen LogP contribution >= 0.6 is 0 Å². The van der Waals surface area contributed by atoms with E-state index in [0.717, 1.165) is 35.1 Å². The van der Waals surface area contributed by atoms with E-state index in [1.807, 2.05) is 42.0 Å². The van der Waals surface area contributed by atoms with Crippen LogP contribution < -0.4 is 5.32 Å². The number of carbonyl (C=O) groups excluding carboxylic acids is 1. The number of benzene rings is 2. The first kappa shape index (κ1) is 20.9. The lowest BCUT2D eigenvalue weighted by Crippen LogP contribution is -2.30. The van der Waals surface area contributed by atoms with Gasteiger partial charge < -0.3 is 9.30 Å². The van der Waals surface area contributed by atoms with E-state index < -0.39 is 23.8 Å². The summed E-state index contributed by atoms with van der Waals surface area (Å²) in [5, 5.41) is 4.00. The van der Waals surface area contributed by atoms with Crippen molar-refractivity contribution < 1.29 is 22.7 Å². The summed E-state index contributed by atoms with van der Waals surface area (Å²) in [6.07, 6.45) is -2.52. The maximum absolute atomic E-state index is 13.0. The van der Waals surface area contributed by atoms with Crippen molar-refractivity contribution >= 4 is 16.9 Å². The third-order valence-corrected chi connectivity index (χ3v) is 4.76. The molecule has 4 nitrogen and oxygen atoms in total. The zero-order valence-corrected chi connectivity index (χ0v) is 16.3. The maximum Gasteiger partial charge on any atom is 0.416 e. The molecule has 0 spiro atoms. The van der Waals surface area contributed by atoms with Gasteiger partial charge in [0.1, 0.15) is 6.04 Å². The molecular weight excluding hydrogens is 381 g/mol. The van der Waals surface area contributed by atoms with Crippen molar-refractivity contribution in [3.05, 3.63) is 71.4 Å². The number of hydrogen-bond donors (Lipinski definition) is 1. The van der Waals surface area contributed by atoms with E-state index in [1.54, 1.807) is 13.0 Å². The number of carbonyl (C=O) groups is 1. The van der Waals surface area contributed by atoms with Crippen molar-refractivity contribution in [3.63, 3.8) is 0 Å². The molecule has 3 aromatic rings. The molecule has 0 radical (unpaired) electrons. The number of rotatable bonds is 7. The fraction of sp³-hybridized carbons (Fsp3) is 0.318. The van der Waals surface area contributed by atoms with Gasteiger partial charge in [-0.3, -0.25) is 5.32 Å². The number of ether oxygens (including phenoxy) is 1. The maximum atomic E-state index is 13.0. The molecule has 3 rings (SSSR count). The lowest BCUT2D eigenvalue weighted by atomic mass is 10.0. The summed E-state index contributed by atoms with van der Waals surface area (Å²) in [5.41, 5.74) is 1.45. The summed E-state index contributed by atoms with van der Waals surface area (Å²) in [7, 11) is 0. The molecule has 0 aliphatic carbocycles. The molecule has 0 aliphatic heterocycles. The summed E-state index contributed by atoms with van der Waals surface area (Å²) in [6, 6.07) is 12.0. The van der Waals surface area contributed by atoms with Gasteiger partial charge in [-0.25, -0.2) is 4.79 Å². The molecule has 2 aromatic carbocycles. The Kier molecular flexibility index (Phi) is 6.27. The van der Waals surface area contributed by atoms with Gasteiger partial charge in [0.25, 0.3) is 0 Å². The van der Waals surface area contributed by atoms with Crippen molar-refractivity contribution in [1.82, 2.24) is 9.88 Å². The lowest BCUT2D eigenvalue weighted by molar-refractivity contribution is -0.146. The second kappa shape index (κ2) is 8.69. The SMILES string of the molecule is CCOC(=O)C(NCc1cccc(C(F)(F)F)c1)c1cn(CC)c2ccccc12. The number of nitrogens with zero attached hydrogens (tertiary/aromatic N) is 1. The molecule has 29 heavy (non-hydrogen) atoms. The van der Waals surface area contributed by atoms with E-state index in [4.69, 9.17) is 4.74 Å². The number of alkyl halides is 3. The average molecular weight is 404 g/mol. The summed E-state index contributed by atoms with van der Waals surface area (Å²) in [6.45, 7) is 4.76. The van der Waals surface area contributed by atoms with Gasteiger partial charge >= 0.3 is 12.1 Å². The monoisotopic (exact) mass is 404 g/mol. The normalized spacial score (nSPS) is 12.9. The number of para-hydroxylation sites is 1. The van der Waals surface area contributed by atoms with Gasteiger partial charge in [-0.2, -0.15) is 13.2 Å². The van der Waals surface area contributed by atoms with Crippen molar-refractivity contribution in [1.29, 1.82) is 0 Å². The molecule has 0 amide bonds. The predicted octanol–water partition coefficient (Wildman–Crippen LogP) is 5.07. The minimum Gasteiger partial charge on any atom is -0.465 e. The van der Waals surface area contributed by atoms with Crippen molar-refractivity contribution in [2.45, 2.75) is 39.2 Å². The van der Waals surface area contributed by atoms with Gasteiger partial charge in [0.15, 0.2) is 0 Å². The Labute approximate surface area is 167 Å². The third kappa shape index (κ3) is 4.62. The van der Waals surface area contributed by atoms with Crippen molar-refractivity contribution in [2.24, 2.45) is 0 Å². The highest BCUT2D eigenvalue weighted by molar-refractivity contribution is 5.90. The Bertz CT molecular complexity index is 995. The third-order valence-electron chi connectivity index (χ3n) is 4.76. The molecule has 0 saturated heterocycles. The zero-order chi connectivity index (χ0) is 21.0. The number of fused-ring (bicyclic) bond motifs is 1. The van der Waals surface area contributed by atoms with Crippen LogP contribution in [0, 0.1) is 0 Å². The van der Waals surface area contributed by atoms with Crippen LogP contribution in [0.4, 0.5) is 13.2 Å². The van der Waals surface area contributed by atoms with E-state index in [1.165, 1.54) is 6.07 Å². The van der Waals surface area contributed by atoms with Gasteiger partial charge in [0.2, 0.25) is 0 Å². The minimum atomic E-state index is -4.41. The molecule has 1 atom stereocenters. The molecular formula is C22H23F3N2O2. The number of aromatic nitrogens is 1. The standard InChI is InChI=1S/C22H23F3N2O2/c1-3-27-14-18(17-10-5-6-11-19(17)27)20(21(28)29-4-2)26-13-15-8-7-9-16(12-15)22(23,24)25/h5-12,14,20,26H,3-4,13H2,1-2H3. The van der Waals surface area contributed by atoms with Crippen molar-refractivity contribution in [3.8, 4) is 0 Å². The minimum absolute atomic E-state index is 0.0963. The van der Waals surface area contributed by atoms with Crippen LogP contribution in [0.2, 0.25) is 0 Å². The Morgan fingerprint density at radius 3 is 2.59 bits per heavy atom. The molecule has 1 unspecified atom stereocenters. The Morgan fingerprint density at radius 1 is 1.14 bits per heavy atom. The number of hydrogen-bond acceptors (Lipinski definition) is 3. The highest BCUT2D eigenvalue weighted by atomic mass is 19.4. The molecule has 0 saturated carbocycles. The first-order valence-electron chi connectivity index (χ1n) is 9.49. The molecule has 7 heteroatoms. The summed E-state index contributed by atoms with van der Waals surface area (Å²) in [4.78, 5) is 12.7. The molecule has 0 fully saturated rings. The van der Waals surface area contributed by atoms with Crippen LogP contribution in [0.5, 0.6) is 0 Å². The van der Waals surface area contributed by atoms with Crippen LogP contribution in [0.3, 0.4) is 0 Å². The summed E-state index contributed by atoms with van der Waals surface area (Å²) in [5.74, 6) is -0.460. The molecule has 154 valence electrons. The number of aryl methyl sites for hydroxylation is 1.